The summed E-state index contributed by atoms with van der Waals surface area (Å²) < 4.78 is 0.326. The highest BCUT2D eigenvalue weighted by Gasteiger charge is 2.33. The van der Waals surface area contributed by atoms with Gasteiger partial charge in [0.25, 0.3) is 0 Å². The minimum absolute atomic E-state index is 0.326. The molecule has 0 radical (unpaired) electrons. The highest BCUT2D eigenvalue weighted by atomic mass is 32.2. The van der Waals surface area contributed by atoms with Crippen molar-refractivity contribution in [2.24, 2.45) is 10.9 Å². The second-order valence-electron chi connectivity index (χ2n) is 8.37. The van der Waals surface area contributed by atoms with Crippen molar-refractivity contribution in [1.82, 2.24) is 0 Å². The third kappa shape index (κ3) is 5.43. The molecule has 1 aliphatic carbocycles. The van der Waals surface area contributed by atoms with E-state index in [4.69, 9.17) is 4.99 Å². The quantitative estimate of drug-likeness (QED) is 0.209. The van der Waals surface area contributed by atoms with Gasteiger partial charge in [0.2, 0.25) is 0 Å². The molecule has 0 saturated carbocycles. The summed E-state index contributed by atoms with van der Waals surface area (Å²) in [6, 6.07) is 39.0. The smallest absolute Gasteiger partial charge is 0.0680 e. The molecular weight excluding hydrogens is 438 g/mol. The Bertz CT molecular complexity index is 1180. The average molecular weight is 466 g/mol. The van der Waals surface area contributed by atoms with E-state index in [9.17, 15) is 0 Å². The van der Waals surface area contributed by atoms with Gasteiger partial charge in [0.15, 0.2) is 0 Å². The predicted octanol–water partition coefficient (Wildman–Crippen LogP) is 8.59. The zero-order chi connectivity index (χ0) is 22.5. The summed E-state index contributed by atoms with van der Waals surface area (Å²) in [5, 5.41) is 0. The molecule has 4 aromatic rings. The van der Waals surface area contributed by atoms with Crippen molar-refractivity contribution in [3.05, 3.63) is 126 Å². The lowest BCUT2D eigenvalue weighted by Gasteiger charge is -2.32. The summed E-state index contributed by atoms with van der Waals surface area (Å²) in [4.78, 5) is 7.89. The minimum Gasteiger partial charge on any atom is -0.252 e. The van der Waals surface area contributed by atoms with Crippen LogP contribution in [0.15, 0.2) is 124 Å². The molecule has 1 aliphatic rings. The molecule has 33 heavy (non-hydrogen) atoms. The molecule has 0 saturated heterocycles. The first-order chi connectivity index (χ1) is 16.3. The molecule has 1 atom stereocenters. The van der Waals surface area contributed by atoms with Crippen LogP contribution in [0.2, 0.25) is 0 Å². The summed E-state index contributed by atoms with van der Waals surface area (Å²) in [5.41, 5.74) is 6.23. The van der Waals surface area contributed by atoms with Crippen LogP contribution in [0.1, 0.15) is 23.1 Å². The van der Waals surface area contributed by atoms with Gasteiger partial charge in [0.05, 0.1) is 16.0 Å². The Morgan fingerprint density at radius 3 is 1.91 bits per heavy atom. The van der Waals surface area contributed by atoms with Crippen LogP contribution in [0, 0.1) is 12.8 Å². The van der Waals surface area contributed by atoms with E-state index in [0.717, 1.165) is 18.5 Å². The zero-order valence-electron chi connectivity index (χ0n) is 18.7. The number of nitrogens with zero attached hydrogens (tertiary/aromatic N) is 1. The Kier molecular flexibility index (Phi) is 6.99. The molecule has 1 unspecified atom stereocenters. The fourth-order valence-electron chi connectivity index (χ4n) is 4.26. The average Bonchev–Trinajstić information content (AvgIpc) is 2.86. The third-order valence-corrected chi connectivity index (χ3v) is 8.76. The number of benzene rings is 4. The van der Waals surface area contributed by atoms with Gasteiger partial charge in [-0.3, -0.25) is 4.99 Å². The van der Waals surface area contributed by atoms with E-state index < -0.39 is 0 Å². The van der Waals surface area contributed by atoms with Crippen LogP contribution in [0.5, 0.6) is 0 Å². The number of rotatable bonds is 6. The number of hydrogen-bond donors (Lipinski definition) is 0. The third-order valence-electron chi connectivity index (χ3n) is 5.97. The summed E-state index contributed by atoms with van der Waals surface area (Å²) in [7, 11) is 0. The maximum atomic E-state index is 5.28. The van der Waals surface area contributed by atoms with E-state index in [1.807, 2.05) is 23.5 Å². The molecule has 164 valence electrons. The molecule has 0 fully saturated rings. The maximum absolute atomic E-state index is 5.28. The van der Waals surface area contributed by atoms with Gasteiger partial charge in [0, 0.05) is 15.7 Å². The van der Waals surface area contributed by atoms with Gasteiger partial charge in [0.1, 0.15) is 0 Å². The van der Waals surface area contributed by atoms with E-state index in [-0.39, 0.29) is 0 Å². The van der Waals surface area contributed by atoms with Crippen molar-refractivity contribution >= 4 is 34.9 Å². The van der Waals surface area contributed by atoms with Crippen LogP contribution in [-0.2, 0) is 6.42 Å². The number of aryl methyl sites for hydroxylation is 2. The van der Waals surface area contributed by atoms with Gasteiger partial charge in [-0.05, 0) is 67.3 Å². The van der Waals surface area contributed by atoms with Crippen LogP contribution in [0.25, 0.3) is 0 Å². The van der Waals surface area contributed by atoms with Gasteiger partial charge < -0.3 is 0 Å². The van der Waals surface area contributed by atoms with Crippen molar-refractivity contribution in [3.63, 3.8) is 0 Å². The summed E-state index contributed by atoms with van der Waals surface area (Å²) in [5.74, 6) is 0.344. The SMILES string of the molecule is Cc1ccc(/N=C2\c3ccccc3CCC2C(Sc2ccccc2)Sc2ccccc2)cc1. The molecular formula is C30H27NS2. The van der Waals surface area contributed by atoms with Crippen molar-refractivity contribution in [1.29, 1.82) is 0 Å². The lowest BCUT2D eigenvalue weighted by Crippen LogP contribution is -2.30. The molecule has 0 aliphatic heterocycles. The zero-order valence-corrected chi connectivity index (χ0v) is 20.4. The minimum atomic E-state index is 0.326. The Hall–Kier alpha value is -2.75. The van der Waals surface area contributed by atoms with Crippen LogP contribution in [0.4, 0.5) is 5.69 Å². The lowest BCUT2D eigenvalue weighted by atomic mass is 9.82. The summed E-state index contributed by atoms with van der Waals surface area (Å²) >= 11 is 3.93. The molecule has 5 rings (SSSR count). The van der Waals surface area contributed by atoms with Crippen LogP contribution in [-0.4, -0.2) is 10.3 Å². The number of fused-ring (bicyclic) bond motifs is 1. The number of thioether (sulfide) groups is 2. The second-order valence-corrected chi connectivity index (χ2v) is 11.1. The first-order valence-corrected chi connectivity index (χ1v) is 13.2. The number of hydrogen-bond acceptors (Lipinski definition) is 3. The molecule has 0 N–H and O–H groups in total. The van der Waals surface area contributed by atoms with Gasteiger partial charge in [-0.1, -0.05) is 78.4 Å². The van der Waals surface area contributed by atoms with E-state index in [1.54, 1.807) is 0 Å². The first-order valence-electron chi connectivity index (χ1n) is 11.4. The molecule has 0 heterocycles. The molecule has 0 aromatic heterocycles. The van der Waals surface area contributed by atoms with Gasteiger partial charge in [-0.2, -0.15) is 0 Å². The lowest BCUT2D eigenvalue weighted by molar-refractivity contribution is 0.654. The van der Waals surface area contributed by atoms with Crippen molar-refractivity contribution in [2.75, 3.05) is 0 Å². The highest BCUT2D eigenvalue weighted by Crippen LogP contribution is 2.45. The van der Waals surface area contributed by atoms with E-state index in [2.05, 4.69) is 116 Å². The van der Waals surface area contributed by atoms with Crippen molar-refractivity contribution < 1.29 is 0 Å². The number of aliphatic imine (C=N–C) groups is 1. The first kappa shape index (κ1) is 22.1. The molecule has 3 heteroatoms. The van der Waals surface area contributed by atoms with Gasteiger partial charge in [-0.15, -0.1) is 23.5 Å². The van der Waals surface area contributed by atoms with Crippen LogP contribution < -0.4 is 0 Å². The Morgan fingerprint density at radius 1 is 0.697 bits per heavy atom. The Labute approximate surface area is 205 Å². The summed E-state index contributed by atoms with van der Waals surface area (Å²) in [6.45, 7) is 2.12. The van der Waals surface area contributed by atoms with E-state index in [1.165, 1.54) is 32.2 Å². The van der Waals surface area contributed by atoms with Gasteiger partial charge >= 0.3 is 0 Å². The Morgan fingerprint density at radius 2 is 1.27 bits per heavy atom. The largest absolute Gasteiger partial charge is 0.252 e. The topological polar surface area (TPSA) is 12.4 Å². The normalized spacial score (nSPS) is 16.7. The fourth-order valence-corrected chi connectivity index (χ4v) is 7.14. The fraction of sp³-hybridized carbons (Fsp3) is 0.167. The van der Waals surface area contributed by atoms with Gasteiger partial charge in [-0.25, -0.2) is 0 Å². The Balaban J connectivity index is 1.57. The molecule has 0 amide bonds. The summed E-state index contributed by atoms with van der Waals surface area (Å²) in [6.07, 6.45) is 2.20. The van der Waals surface area contributed by atoms with Crippen LogP contribution >= 0.6 is 23.5 Å². The predicted molar refractivity (Wildman–Crippen MR) is 144 cm³/mol. The molecule has 4 aromatic carbocycles. The van der Waals surface area contributed by atoms with Crippen LogP contribution in [0.3, 0.4) is 0 Å². The highest BCUT2D eigenvalue weighted by molar-refractivity contribution is 8.17. The van der Waals surface area contributed by atoms with Crippen molar-refractivity contribution in [3.8, 4) is 0 Å². The molecule has 0 spiro atoms. The maximum Gasteiger partial charge on any atom is 0.0680 e. The van der Waals surface area contributed by atoms with Crippen molar-refractivity contribution in [2.45, 2.75) is 34.1 Å². The van der Waals surface area contributed by atoms with E-state index in [0.29, 0.717) is 10.5 Å². The monoisotopic (exact) mass is 465 g/mol. The molecule has 0 bridgehead atoms. The molecule has 1 nitrogen and oxygen atoms in total. The standard InChI is InChI=1S/C30H27NS2/c1-22-16-19-24(20-17-22)31-29-27-15-9-8-10-23(27)18-21-28(29)30(32-25-11-4-2-5-12-25)33-26-13-6-3-7-14-26/h2-17,19-20,28,30H,18,21H2,1H3/b31-29+. The van der Waals surface area contributed by atoms with E-state index >= 15 is 0 Å². The second kappa shape index (κ2) is 10.5.